The van der Waals surface area contributed by atoms with Crippen LogP contribution in [0, 0.1) is 0 Å². The molecule has 144 valence electrons. The smallest absolute Gasteiger partial charge is 0.341 e. The van der Waals surface area contributed by atoms with E-state index < -0.39 is 0 Å². The van der Waals surface area contributed by atoms with E-state index in [0.29, 0.717) is 29.8 Å². The number of rotatable bonds is 6. The van der Waals surface area contributed by atoms with Crippen molar-refractivity contribution in [2.75, 3.05) is 25.5 Å². The third-order valence-electron chi connectivity index (χ3n) is 5.65. The minimum absolute atomic E-state index is 0.00258. The highest BCUT2D eigenvalue weighted by Crippen LogP contribution is 2.38. The summed E-state index contributed by atoms with van der Waals surface area (Å²) in [4.78, 5) is 27.6. The molecule has 0 radical (unpaired) electrons. The van der Waals surface area contributed by atoms with Gasteiger partial charge in [0.25, 0.3) is 5.91 Å². The molecule has 26 heavy (non-hydrogen) atoms. The van der Waals surface area contributed by atoms with Gasteiger partial charge in [-0.15, -0.1) is 11.3 Å². The molecule has 1 atom stereocenters. The van der Waals surface area contributed by atoms with Crippen molar-refractivity contribution in [2.24, 2.45) is 0 Å². The molecule has 2 aliphatic rings. The number of carbonyl (C=O) groups excluding carboxylic acids is 2. The number of aryl methyl sites for hydroxylation is 1. The van der Waals surface area contributed by atoms with Crippen LogP contribution in [0.25, 0.3) is 0 Å². The maximum absolute atomic E-state index is 12.6. The fourth-order valence-electron chi connectivity index (χ4n) is 4.24. The van der Waals surface area contributed by atoms with Crippen molar-refractivity contribution in [1.29, 1.82) is 0 Å². The second kappa shape index (κ2) is 9.00. The third kappa shape index (κ3) is 4.46. The summed E-state index contributed by atoms with van der Waals surface area (Å²) in [7, 11) is 2.11. The highest BCUT2D eigenvalue weighted by Gasteiger charge is 2.28. The molecule has 1 fully saturated rings. The van der Waals surface area contributed by atoms with Crippen LogP contribution in [0.1, 0.15) is 72.7 Å². The van der Waals surface area contributed by atoms with Crippen molar-refractivity contribution in [1.82, 2.24) is 0 Å². The summed E-state index contributed by atoms with van der Waals surface area (Å²) in [5.41, 5.74) is 1.71. The maximum atomic E-state index is 12.6. The standard InChI is InChI=1S/C20H30N2O3S/c1-3-25-20(24)18-15-11-7-8-12-16(15)26-19(18)21-17(23)13-22(2)14-9-5-4-6-10-14/h14H,3-13H2,1-2H3,(H,21,23)/p+1. The third-order valence-corrected chi connectivity index (χ3v) is 6.85. The summed E-state index contributed by atoms with van der Waals surface area (Å²) < 4.78 is 5.26. The molecule has 3 rings (SSSR count). The first-order valence-electron chi connectivity index (χ1n) is 10.0. The predicted octanol–water partition coefficient (Wildman–Crippen LogP) is 2.59. The Morgan fingerprint density at radius 1 is 1.15 bits per heavy atom. The van der Waals surface area contributed by atoms with E-state index in [9.17, 15) is 9.59 Å². The molecule has 2 N–H and O–H groups in total. The van der Waals surface area contributed by atoms with Crippen LogP contribution in [0.5, 0.6) is 0 Å². The summed E-state index contributed by atoms with van der Waals surface area (Å²) in [5, 5.41) is 3.73. The van der Waals surface area contributed by atoms with Crippen molar-refractivity contribution >= 4 is 28.2 Å². The Hall–Kier alpha value is -1.40. The monoisotopic (exact) mass is 379 g/mol. The van der Waals surface area contributed by atoms with Crippen molar-refractivity contribution in [3.63, 3.8) is 0 Å². The van der Waals surface area contributed by atoms with Gasteiger partial charge in [-0.3, -0.25) is 4.79 Å². The van der Waals surface area contributed by atoms with E-state index in [1.54, 1.807) is 11.3 Å². The van der Waals surface area contributed by atoms with Gasteiger partial charge in [-0.1, -0.05) is 6.42 Å². The topological polar surface area (TPSA) is 59.8 Å². The lowest BCUT2D eigenvalue weighted by molar-refractivity contribution is -0.899. The van der Waals surface area contributed by atoms with Crippen LogP contribution in [0.15, 0.2) is 0 Å². The molecule has 0 aromatic carbocycles. The zero-order chi connectivity index (χ0) is 18.5. The lowest BCUT2D eigenvalue weighted by Crippen LogP contribution is -3.14. The Kier molecular flexibility index (Phi) is 6.70. The molecule has 0 saturated heterocycles. The van der Waals surface area contributed by atoms with Crippen LogP contribution in [-0.4, -0.2) is 38.1 Å². The second-order valence-electron chi connectivity index (χ2n) is 7.54. The van der Waals surface area contributed by atoms with Gasteiger partial charge >= 0.3 is 5.97 Å². The largest absolute Gasteiger partial charge is 0.462 e. The van der Waals surface area contributed by atoms with E-state index in [4.69, 9.17) is 4.74 Å². The Morgan fingerprint density at radius 3 is 2.62 bits per heavy atom. The summed E-state index contributed by atoms with van der Waals surface area (Å²) in [6.07, 6.45) is 10.4. The van der Waals surface area contributed by atoms with Crippen molar-refractivity contribution in [2.45, 2.75) is 70.8 Å². The number of hydrogen-bond acceptors (Lipinski definition) is 4. The Labute approximate surface area is 160 Å². The number of fused-ring (bicyclic) bond motifs is 1. The quantitative estimate of drug-likeness (QED) is 0.747. The molecule has 0 spiro atoms. The van der Waals surface area contributed by atoms with Gasteiger partial charge in [-0.25, -0.2) is 4.79 Å². The van der Waals surface area contributed by atoms with Crippen LogP contribution in [-0.2, 0) is 22.4 Å². The minimum atomic E-state index is -0.296. The lowest BCUT2D eigenvalue weighted by atomic mass is 9.94. The molecule has 1 aromatic heterocycles. The lowest BCUT2D eigenvalue weighted by Gasteiger charge is -2.27. The van der Waals surface area contributed by atoms with E-state index >= 15 is 0 Å². The summed E-state index contributed by atoms with van der Waals surface area (Å²) >= 11 is 1.57. The molecular formula is C20H31N2O3S+. The highest BCUT2D eigenvalue weighted by atomic mass is 32.1. The number of esters is 1. The number of amides is 1. The predicted molar refractivity (Wildman–Crippen MR) is 104 cm³/mol. The fraction of sp³-hybridized carbons (Fsp3) is 0.700. The molecule has 1 amide bonds. The molecule has 0 bridgehead atoms. The number of thiophene rings is 1. The van der Waals surface area contributed by atoms with Gasteiger partial charge < -0.3 is 15.0 Å². The van der Waals surface area contributed by atoms with Gasteiger partial charge in [0.15, 0.2) is 6.54 Å². The first-order valence-corrected chi connectivity index (χ1v) is 10.9. The highest BCUT2D eigenvalue weighted by molar-refractivity contribution is 7.17. The Bertz CT molecular complexity index is 650. The number of likely N-dealkylation sites (N-methyl/N-ethyl adjacent to an activating group) is 1. The van der Waals surface area contributed by atoms with Crippen molar-refractivity contribution in [3.05, 3.63) is 16.0 Å². The zero-order valence-electron chi connectivity index (χ0n) is 16.0. The normalized spacial score (nSPS) is 18.8. The van der Waals surface area contributed by atoms with Crippen LogP contribution < -0.4 is 10.2 Å². The molecular weight excluding hydrogens is 348 g/mol. The Morgan fingerprint density at radius 2 is 1.88 bits per heavy atom. The number of nitrogens with one attached hydrogen (secondary N) is 2. The van der Waals surface area contributed by atoms with Gasteiger partial charge in [-0.05, 0) is 63.9 Å². The molecule has 1 saturated carbocycles. The fourth-order valence-corrected chi connectivity index (χ4v) is 5.53. The molecule has 1 heterocycles. The molecule has 2 aliphatic carbocycles. The molecule has 5 nitrogen and oxygen atoms in total. The van der Waals surface area contributed by atoms with Gasteiger partial charge in [0.2, 0.25) is 0 Å². The van der Waals surface area contributed by atoms with Gasteiger partial charge in [0.05, 0.1) is 25.3 Å². The van der Waals surface area contributed by atoms with Crippen LogP contribution in [0.2, 0.25) is 0 Å². The minimum Gasteiger partial charge on any atom is -0.462 e. The zero-order valence-corrected chi connectivity index (χ0v) is 16.8. The average molecular weight is 380 g/mol. The van der Waals surface area contributed by atoms with E-state index in [2.05, 4.69) is 12.4 Å². The first kappa shape index (κ1) is 19.4. The second-order valence-corrected chi connectivity index (χ2v) is 8.65. The summed E-state index contributed by atoms with van der Waals surface area (Å²) in [5.74, 6) is -0.299. The summed E-state index contributed by atoms with van der Waals surface area (Å²) in [6, 6.07) is 0.579. The number of hydrogen-bond donors (Lipinski definition) is 2. The van der Waals surface area contributed by atoms with Crippen molar-refractivity contribution in [3.8, 4) is 0 Å². The molecule has 1 aromatic rings. The molecule has 6 heteroatoms. The van der Waals surface area contributed by atoms with E-state index in [1.165, 1.54) is 41.9 Å². The van der Waals surface area contributed by atoms with E-state index in [0.717, 1.165) is 31.2 Å². The van der Waals surface area contributed by atoms with Crippen LogP contribution in [0.3, 0.4) is 0 Å². The van der Waals surface area contributed by atoms with E-state index in [1.807, 2.05) is 6.92 Å². The number of anilines is 1. The summed E-state index contributed by atoms with van der Waals surface area (Å²) in [6.45, 7) is 2.62. The molecule has 1 unspecified atom stereocenters. The van der Waals surface area contributed by atoms with Crippen LogP contribution in [0.4, 0.5) is 5.00 Å². The maximum Gasteiger partial charge on any atom is 0.341 e. The number of ether oxygens (including phenoxy) is 1. The van der Waals surface area contributed by atoms with Crippen molar-refractivity contribution < 1.29 is 19.2 Å². The van der Waals surface area contributed by atoms with E-state index in [-0.39, 0.29) is 11.9 Å². The molecule has 0 aliphatic heterocycles. The van der Waals surface area contributed by atoms with Gasteiger partial charge in [0, 0.05) is 4.88 Å². The van der Waals surface area contributed by atoms with Gasteiger partial charge in [0.1, 0.15) is 5.00 Å². The van der Waals surface area contributed by atoms with Crippen LogP contribution >= 0.6 is 11.3 Å². The first-order chi connectivity index (χ1) is 12.6. The number of carbonyl (C=O) groups is 2. The van der Waals surface area contributed by atoms with Gasteiger partial charge in [-0.2, -0.15) is 0 Å². The SMILES string of the molecule is CCOC(=O)c1c(NC(=O)C[NH+](C)C2CCCCC2)sc2c1CCCC2. The Balaban J connectivity index is 1.70. The number of quaternary nitrogens is 1. The average Bonchev–Trinajstić information content (AvgIpc) is 3.00.